The Bertz CT molecular complexity index is 587. The molecule has 0 bridgehead atoms. The highest BCUT2D eigenvalue weighted by Gasteiger charge is 2.59. The van der Waals surface area contributed by atoms with Gasteiger partial charge in [-0.15, -0.1) is 0 Å². The number of rotatable bonds is 5. The lowest BCUT2D eigenvalue weighted by atomic mass is 9.75. The summed E-state index contributed by atoms with van der Waals surface area (Å²) in [5.41, 5.74) is -3.18. The first-order chi connectivity index (χ1) is 10.7. The summed E-state index contributed by atoms with van der Waals surface area (Å²) in [4.78, 5) is 10.5. The van der Waals surface area contributed by atoms with Crippen LogP contribution in [0.1, 0.15) is 37.2 Å². The Hall–Kier alpha value is -1.83. The number of ether oxygens (including phenoxy) is 1. The highest BCUT2D eigenvalue weighted by molar-refractivity contribution is 5.66. The maximum atomic E-state index is 13.7. The SMILES string of the molecule is O=C(O)CCCC(O)(C1CCOc2c(F)cccc21)C(F)(F)F. The van der Waals surface area contributed by atoms with Crippen LogP contribution < -0.4 is 4.74 Å². The van der Waals surface area contributed by atoms with E-state index >= 15 is 0 Å². The summed E-state index contributed by atoms with van der Waals surface area (Å²) in [5.74, 6) is -3.73. The Labute approximate surface area is 129 Å². The number of para-hydroxylation sites is 1. The second kappa shape index (κ2) is 6.35. The molecule has 0 fully saturated rings. The zero-order valence-electron chi connectivity index (χ0n) is 12.1. The predicted octanol–water partition coefficient (Wildman–Crippen LogP) is 3.24. The highest BCUT2D eigenvalue weighted by atomic mass is 19.4. The van der Waals surface area contributed by atoms with Gasteiger partial charge in [0.15, 0.2) is 17.2 Å². The van der Waals surface area contributed by atoms with Crippen molar-refractivity contribution in [1.29, 1.82) is 0 Å². The number of halogens is 4. The molecule has 1 aliphatic rings. The van der Waals surface area contributed by atoms with Gasteiger partial charge in [0.05, 0.1) is 6.61 Å². The maximum absolute atomic E-state index is 13.7. The van der Waals surface area contributed by atoms with E-state index in [9.17, 15) is 27.5 Å². The molecule has 4 nitrogen and oxygen atoms in total. The van der Waals surface area contributed by atoms with Crippen molar-refractivity contribution in [3.63, 3.8) is 0 Å². The van der Waals surface area contributed by atoms with Gasteiger partial charge in [0.2, 0.25) is 0 Å². The first kappa shape index (κ1) is 17.5. The van der Waals surface area contributed by atoms with E-state index < -0.39 is 42.3 Å². The molecule has 0 spiro atoms. The van der Waals surface area contributed by atoms with Crippen molar-refractivity contribution < 1.29 is 37.3 Å². The van der Waals surface area contributed by atoms with E-state index in [1.165, 1.54) is 12.1 Å². The van der Waals surface area contributed by atoms with Crippen LogP contribution >= 0.6 is 0 Å². The molecule has 8 heteroatoms. The summed E-state index contributed by atoms with van der Waals surface area (Å²) in [6.45, 7) is -0.157. The predicted molar refractivity (Wildman–Crippen MR) is 71.7 cm³/mol. The minimum absolute atomic E-state index is 0.0496. The smallest absolute Gasteiger partial charge is 0.417 e. The van der Waals surface area contributed by atoms with Crippen LogP contribution in [-0.4, -0.2) is 34.6 Å². The van der Waals surface area contributed by atoms with E-state index in [4.69, 9.17) is 9.84 Å². The Kier molecular flexibility index (Phi) is 4.84. The van der Waals surface area contributed by atoms with Gasteiger partial charge >= 0.3 is 12.1 Å². The largest absolute Gasteiger partial charge is 0.490 e. The van der Waals surface area contributed by atoms with Crippen molar-refractivity contribution in [2.75, 3.05) is 6.61 Å². The zero-order chi connectivity index (χ0) is 17.3. The van der Waals surface area contributed by atoms with Crippen LogP contribution in [0, 0.1) is 5.82 Å². The van der Waals surface area contributed by atoms with Crippen LogP contribution in [0.15, 0.2) is 18.2 Å². The number of carbonyl (C=O) groups is 1. The molecule has 2 rings (SSSR count). The topological polar surface area (TPSA) is 66.8 Å². The summed E-state index contributed by atoms with van der Waals surface area (Å²) in [7, 11) is 0. The first-order valence-electron chi connectivity index (χ1n) is 7.09. The molecule has 0 aliphatic carbocycles. The minimum atomic E-state index is -4.98. The molecule has 1 aromatic rings. The lowest BCUT2D eigenvalue weighted by Crippen LogP contribution is -2.51. The number of aliphatic hydroxyl groups is 1. The molecule has 1 aliphatic heterocycles. The fourth-order valence-electron chi connectivity index (χ4n) is 2.91. The third-order valence-electron chi connectivity index (χ3n) is 4.04. The van der Waals surface area contributed by atoms with Crippen LogP contribution in [0.4, 0.5) is 17.6 Å². The number of carboxylic acids is 1. The Morgan fingerprint density at radius 2 is 2.04 bits per heavy atom. The third kappa shape index (κ3) is 3.41. The standard InChI is InChI=1S/C15H16F4O4/c16-11-4-1-3-9-10(6-8-23-13(9)11)14(22,15(17,18)19)7-2-5-12(20)21/h1,3-4,10,22H,2,5-8H2,(H,20,21). The molecule has 0 saturated carbocycles. The van der Waals surface area contributed by atoms with Gasteiger partial charge in [-0.05, 0) is 25.3 Å². The number of carboxylic acid groups (broad SMARTS) is 1. The van der Waals surface area contributed by atoms with Crippen LogP contribution in [0.5, 0.6) is 5.75 Å². The number of alkyl halides is 3. The summed E-state index contributed by atoms with van der Waals surface area (Å²) in [5, 5.41) is 18.9. The Morgan fingerprint density at radius 1 is 1.35 bits per heavy atom. The molecule has 0 amide bonds. The molecule has 2 N–H and O–H groups in total. The normalized spacial score (nSPS) is 20.3. The number of aliphatic carboxylic acids is 1. The van der Waals surface area contributed by atoms with Gasteiger partial charge in [-0.25, -0.2) is 4.39 Å². The number of hydrogen-bond donors (Lipinski definition) is 2. The van der Waals surface area contributed by atoms with Crippen molar-refractivity contribution >= 4 is 5.97 Å². The monoisotopic (exact) mass is 336 g/mol. The number of benzene rings is 1. The second-order valence-electron chi connectivity index (χ2n) is 5.52. The molecule has 0 aromatic heterocycles. The fourth-order valence-corrected chi connectivity index (χ4v) is 2.91. The van der Waals surface area contributed by atoms with Gasteiger partial charge in [-0.1, -0.05) is 12.1 Å². The summed E-state index contributed by atoms with van der Waals surface area (Å²) < 4.78 is 59.2. The van der Waals surface area contributed by atoms with Gasteiger partial charge in [-0.2, -0.15) is 13.2 Å². The highest BCUT2D eigenvalue weighted by Crippen LogP contribution is 2.50. The van der Waals surface area contributed by atoms with E-state index in [1.807, 2.05) is 0 Å². The molecule has 0 saturated heterocycles. The van der Waals surface area contributed by atoms with Crippen molar-refractivity contribution in [1.82, 2.24) is 0 Å². The van der Waals surface area contributed by atoms with E-state index in [0.717, 1.165) is 6.07 Å². The van der Waals surface area contributed by atoms with Crippen LogP contribution in [-0.2, 0) is 4.79 Å². The van der Waals surface area contributed by atoms with E-state index in [0.29, 0.717) is 0 Å². The summed E-state index contributed by atoms with van der Waals surface area (Å²) >= 11 is 0. The summed E-state index contributed by atoms with van der Waals surface area (Å²) in [6.07, 6.45) is -6.72. The van der Waals surface area contributed by atoms with Crippen molar-refractivity contribution in [3.05, 3.63) is 29.6 Å². The van der Waals surface area contributed by atoms with Crippen LogP contribution in [0.3, 0.4) is 0 Å². The molecule has 0 radical (unpaired) electrons. The quantitative estimate of drug-likeness (QED) is 0.810. The van der Waals surface area contributed by atoms with Gasteiger partial charge in [0.1, 0.15) is 0 Å². The lowest BCUT2D eigenvalue weighted by molar-refractivity contribution is -0.273. The Balaban J connectivity index is 2.38. The molecule has 1 heterocycles. The number of hydrogen-bond acceptors (Lipinski definition) is 3. The Morgan fingerprint density at radius 3 is 2.65 bits per heavy atom. The van der Waals surface area contributed by atoms with Crippen molar-refractivity contribution in [2.24, 2.45) is 0 Å². The van der Waals surface area contributed by atoms with Crippen molar-refractivity contribution in [3.8, 4) is 5.75 Å². The van der Waals surface area contributed by atoms with E-state index in [2.05, 4.69) is 0 Å². The third-order valence-corrected chi connectivity index (χ3v) is 4.04. The minimum Gasteiger partial charge on any atom is -0.490 e. The average molecular weight is 336 g/mol. The van der Waals surface area contributed by atoms with E-state index in [-0.39, 0.29) is 30.8 Å². The second-order valence-corrected chi connectivity index (χ2v) is 5.52. The van der Waals surface area contributed by atoms with Gasteiger partial charge in [0, 0.05) is 17.9 Å². The van der Waals surface area contributed by atoms with Gasteiger partial charge in [0.25, 0.3) is 0 Å². The molecule has 2 atom stereocenters. The molecule has 2 unspecified atom stereocenters. The zero-order valence-corrected chi connectivity index (χ0v) is 12.1. The average Bonchev–Trinajstić information content (AvgIpc) is 2.45. The molecule has 1 aromatic carbocycles. The fraction of sp³-hybridized carbons (Fsp3) is 0.533. The maximum Gasteiger partial charge on any atom is 0.417 e. The lowest BCUT2D eigenvalue weighted by Gasteiger charge is -2.40. The number of fused-ring (bicyclic) bond motifs is 1. The first-order valence-corrected chi connectivity index (χ1v) is 7.09. The summed E-state index contributed by atoms with van der Waals surface area (Å²) in [6, 6.07) is 3.61. The molecular formula is C15H16F4O4. The van der Waals surface area contributed by atoms with E-state index in [1.54, 1.807) is 0 Å². The van der Waals surface area contributed by atoms with Gasteiger partial charge in [-0.3, -0.25) is 4.79 Å². The molecule has 23 heavy (non-hydrogen) atoms. The van der Waals surface area contributed by atoms with Gasteiger partial charge < -0.3 is 14.9 Å². The van der Waals surface area contributed by atoms with Crippen LogP contribution in [0.25, 0.3) is 0 Å². The van der Waals surface area contributed by atoms with Crippen molar-refractivity contribution in [2.45, 2.75) is 43.4 Å². The molecule has 128 valence electrons. The van der Waals surface area contributed by atoms with Crippen LogP contribution in [0.2, 0.25) is 0 Å². The molecular weight excluding hydrogens is 320 g/mol.